The summed E-state index contributed by atoms with van der Waals surface area (Å²) in [5.41, 5.74) is 3.93. The van der Waals surface area contributed by atoms with Gasteiger partial charge in [-0.1, -0.05) is 42.0 Å². The third kappa shape index (κ3) is 3.59. The van der Waals surface area contributed by atoms with E-state index in [0.29, 0.717) is 18.4 Å². The normalized spacial score (nSPS) is 18.9. The van der Waals surface area contributed by atoms with Crippen molar-refractivity contribution in [2.24, 2.45) is 0 Å². The topological polar surface area (TPSA) is 91.7 Å². The summed E-state index contributed by atoms with van der Waals surface area (Å²) in [6.45, 7) is 3.60. The second-order valence-corrected chi connectivity index (χ2v) is 7.48. The van der Waals surface area contributed by atoms with Gasteiger partial charge in [0.15, 0.2) is 5.76 Å². The fourth-order valence-electron chi connectivity index (χ4n) is 3.43. The molecule has 4 amide bonds. The molecule has 7 nitrogen and oxygen atoms in total. The molecule has 1 unspecified atom stereocenters. The van der Waals surface area contributed by atoms with Gasteiger partial charge >= 0.3 is 11.9 Å². The highest BCUT2D eigenvalue weighted by Gasteiger charge is 2.48. The zero-order valence-corrected chi connectivity index (χ0v) is 16.2. The molecule has 0 saturated carbocycles. The minimum atomic E-state index is -1.09. The van der Waals surface area contributed by atoms with E-state index in [1.165, 1.54) is 0 Å². The predicted molar refractivity (Wildman–Crippen MR) is 107 cm³/mol. The maximum atomic E-state index is 12.8. The summed E-state index contributed by atoms with van der Waals surface area (Å²) < 4.78 is 5.54. The van der Waals surface area contributed by atoms with Crippen molar-refractivity contribution in [2.45, 2.75) is 32.2 Å². The number of hydrogen-bond donors (Lipinski definition) is 2. The number of aryl methyl sites for hydroxylation is 2. The van der Waals surface area contributed by atoms with Gasteiger partial charge in [0.2, 0.25) is 0 Å². The Morgan fingerprint density at radius 1 is 1.14 bits per heavy atom. The van der Waals surface area contributed by atoms with Crippen LogP contribution in [0.25, 0.3) is 11.0 Å². The first-order valence-electron chi connectivity index (χ1n) is 9.37. The van der Waals surface area contributed by atoms with Crippen molar-refractivity contribution >= 4 is 28.8 Å². The lowest BCUT2D eigenvalue weighted by molar-refractivity contribution is -0.132. The minimum absolute atomic E-state index is 0.0316. The average Bonchev–Trinajstić information content (AvgIpc) is 3.21. The number of benzene rings is 2. The van der Waals surface area contributed by atoms with Crippen LogP contribution in [-0.4, -0.2) is 28.4 Å². The number of urea groups is 1. The Bertz CT molecular complexity index is 1110. The molecule has 2 aromatic carbocycles. The fraction of sp³-hybridized carbons (Fsp3) is 0.227. The van der Waals surface area contributed by atoms with Gasteiger partial charge in [0.05, 0.1) is 0 Å². The Morgan fingerprint density at radius 2 is 1.90 bits per heavy atom. The third-order valence-corrected chi connectivity index (χ3v) is 5.13. The number of carbonyl (C=O) groups excluding carboxylic acids is 3. The number of carbonyl (C=O) groups is 3. The molecule has 0 spiro atoms. The van der Waals surface area contributed by atoms with E-state index in [0.717, 1.165) is 21.5 Å². The molecule has 0 radical (unpaired) electrons. The lowest BCUT2D eigenvalue weighted by Crippen LogP contribution is -2.48. The number of nitrogens with one attached hydrogen (secondary N) is 2. The van der Waals surface area contributed by atoms with Gasteiger partial charge in [0, 0.05) is 5.39 Å². The Morgan fingerprint density at radius 3 is 2.66 bits per heavy atom. The van der Waals surface area contributed by atoms with Gasteiger partial charge in [-0.3, -0.25) is 9.59 Å². The predicted octanol–water partition coefficient (Wildman–Crippen LogP) is 3.33. The summed E-state index contributed by atoms with van der Waals surface area (Å²) in [5, 5.41) is 4.19. The smallest absolute Gasteiger partial charge is 0.344 e. The van der Waals surface area contributed by atoms with E-state index in [2.05, 4.69) is 10.7 Å². The summed E-state index contributed by atoms with van der Waals surface area (Å²) >= 11 is 0. The zero-order chi connectivity index (χ0) is 20.6. The van der Waals surface area contributed by atoms with Crippen molar-refractivity contribution in [2.75, 3.05) is 0 Å². The Labute approximate surface area is 167 Å². The van der Waals surface area contributed by atoms with Crippen LogP contribution in [0.2, 0.25) is 0 Å². The Hall–Kier alpha value is -3.61. The third-order valence-electron chi connectivity index (χ3n) is 5.13. The lowest BCUT2D eigenvalue weighted by atomic mass is 9.93. The Balaban J connectivity index is 1.47. The van der Waals surface area contributed by atoms with Gasteiger partial charge in [0.1, 0.15) is 11.1 Å². The molecule has 1 saturated heterocycles. The zero-order valence-electron chi connectivity index (χ0n) is 16.2. The second-order valence-electron chi connectivity index (χ2n) is 7.48. The first kappa shape index (κ1) is 18.7. The summed E-state index contributed by atoms with van der Waals surface area (Å²) in [6, 6.07) is 16.2. The summed E-state index contributed by atoms with van der Waals surface area (Å²) in [5.74, 6) is -1.13. The molecule has 1 aliphatic heterocycles. The van der Waals surface area contributed by atoms with E-state index in [9.17, 15) is 14.4 Å². The Kier molecular flexibility index (Phi) is 4.58. The molecule has 1 fully saturated rings. The number of amides is 4. The number of nitrogens with zero attached hydrogens (tertiary/aromatic N) is 1. The van der Waals surface area contributed by atoms with Gasteiger partial charge in [0.25, 0.3) is 5.91 Å². The SMILES string of the molecule is Cc1ccc2oc(C(=O)NN3C(=O)NC(C)(CCc4ccccc4)C3=O)cc2c1. The van der Waals surface area contributed by atoms with E-state index in [-0.39, 0.29) is 5.76 Å². The molecule has 148 valence electrons. The van der Waals surface area contributed by atoms with E-state index in [1.54, 1.807) is 19.1 Å². The molecule has 3 aromatic rings. The van der Waals surface area contributed by atoms with Crippen LogP contribution in [0, 0.1) is 6.92 Å². The number of hydrogen-bond acceptors (Lipinski definition) is 4. The summed E-state index contributed by atoms with van der Waals surface area (Å²) in [4.78, 5) is 37.7. The van der Waals surface area contributed by atoms with Crippen molar-refractivity contribution in [3.05, 3.63) is 71.5 Å². The van der Waals surface area contributed by atoms with Crippen LogP contribution in [0.3, 0.4) is 0 Å². The highest BCUT2D eigenvalue weighted by Crippen LogP contribution is 2.24. The average molecular weight is 391 g/mol. The molecule has 7 heteroatoms. The van der Waals surface area contributed by atoms with Gasteiger partial charge < -0.3 is 9.73 Å². The quantitative estimate of drug-likeness (QED) is 0.653. The van der Waals surface area contributed by atoms with Crippen LogP contribution in [0.5, 0.6) is 0 Å². The van der Waals surface area contributed by atoms with E-state index in [4.69, 9.17) is 4.42 Å². The molecule has 4 rings (SSSR count). The summed E-state index contributed by atoms with van der Waals surface area (Å²) in [6.07, 6.45) is 1.03. The van der Waals surface area contributed by atoms with Crippen molar-refractivity contribution in [3.63, 3.8) is 0 Å². The number of imide groups is 1. The molecule has 1 aromatic heterocycles. The van der Waals surface area contributed by atoms with Crippen LogP contribution < -0.4 is 10.7 Å². The van der Waals surface area contributed by atoms with Crippen LogP contribution in [0.15, 0.2) is 59.0 Å². The molecule has 1 atom stereocenters. The number of furan rings is 1. The van der Waals surface area contributed by atoms with Crippen molar-refractivity contribution in [1.29, 1.82) is 0 Å². The van der Waals surface area contributed by atoms with Gasteiger partial charge in [-0.25, -0.2) is 10.2 Å². The monoisotopic (exact) mass is 391 g/mol. The fourth-order valence-corrected chi connectivity index (χ4v) is 3.43. The highest BCUT2D eigenvalue weighted by molar-refractivity contribution is 6.09. The molecular formula is C22H21N3O4. The van der Waals surface area contributed by atoms with Gasteiger partial charge in [-0.15, -0.1) is 0 Å². The van der Waals surface area contributed by atoms with Crippen LogP contribution in [-0.2, 0) is 11.2 Å². The highest BCUT2D eigenvalue weighted by atomic mass is 16.3. The minimum Gasteiger partial charge on any atom is -0.451 e. The molecule has 0 aliphatic carbocycles. The van der Waals surface area contributed by atoms with Crippen molar-refractivity contribution in [3.8, 4) is 0 Å². The lowest BCUT2D eigenvalue weighted by Gasteiger charge is -2.21. The van der Waals surface area contributed by atoms with Crippen LogP contribution >= 0.6 is 0 Å². The summed E-state index contributed by atoms with van der Waals surface area (Å²) in [7, 11) is 0. The number of fused-ring (bicyclic) bond motifs is 1. The number of rotatable bonds is 5. The number of hydrazine groups is 1. The molecule has 29 heavy (non-hydrogen) atoms. The largest absolute Gasteiger partial charge is 0.451 e. The standard InChI is InChI=1S/C22H21N3O4/c1-14-8-9-17-16(12-14)13-18(29-17)19(26)24-25-20(27)22(2,23-21(25)28)11-10-15-6-4-3-5-7-15/h3-9,12-13H,10-11H2,1-2H3,(H,23,28)(H,24,26). The van der Waals surface area contributed by atoms with Crippen LogP contribution in [0.1, 0.15) is 35.0 Å². The molecule has 2 N–H and O–H groups in total. The van der Waals surface area contributed by atoms with Gasteiger partial charge in [-0.2, -0.15) is 5.01 Å². The maximum Gasteiger partial charge on any atom is 0.344 e. The van der Waals surface area contributed by atoms with E-state index < -0.39 is 23.4 Å². The maximum absolute atomic E-state index is 12.8. The first-order chi connectivity index (χ1) is 13.9. The van der Waals surface area contributed by atoms with Crippen LogP contribution in [0.4, 0.5) is 4.79 Å². The molecule has 2 heterocycles. The van der Waals surface area contributed by atoms with Crippen molar-refractivity contribution in [1.82, 2.24) is 15.8 Å². The van der Waals surface area contributed by atoms with Crippen molar-refractivity contribution < 1.29 is 18.8 Å². The van der Waals surface area contributed by atoms with E-state index >= 15 is 0 Å². The van der Waals surface area contributed by atoms with Gasteiger partial charge in [-0.05, 0) is 50.5 Å². The molecule has 0 bridgehead atoms. The second kappa shape index (κ2) is 7.09. The first-order valence-corrected chi connectivity index (χ1v) is 9.37. The molecular weight excluding hydrogens is 370 g/mol. The van der Waals surface area contributed by atoms with E-state index in [1.807, 2.05) is 49.4 Å². The molecule has 1 aliphatic rings.